The maximum absolute atomic E-state index is 11.3. The van der Waals surface area contributed by atoms with E-state index in [1.165, 1.54) is 24.3 Å². The Hall–Kier alpha value is -1.67. The van der Waals surface area contributed by atoms with Gasteiger partial charge in [-0.3, -0.25) is 0 Å². The van der Waals surface area contributed by atoms with Gasteiger partial charge in [-0.1, -0.05) is 36.5 Å². The molecule has 244 valence electrons. The maximum atomic E-state index is 11.3. The van der Waals surface area contributed by atoms with Gasteiger partial charge in [0, 0.05) is 19.5 Å². The molecule has 0 aliphatic carbocycles. The minimum absolute atomic E-state index is 0. The summed E-state index contributed by atoms with van der Waals surface area (Å²) >= 11 is 9.53. The van der Waals surface area contributed by atoms with Gasteiger partial charge in [-0.15, -0.1) is 36.4 Å². The van der Waals surface area contributed by atoms with Gasteiger partial charge in [-0.05, 0) is 20.8 Å². The second-order valence-electron chi connectivity index (χ2n) is 7.47. The molecular formula is C27H42Cl2O12Ru. The Morgan fingerprint density at radius 2 is 1.31 bits per heavy atom. The van der Waals surface area contributed by atoms with Crippen molar-refractivity contribution in [2.75, 3.05) is 45.0 Å². The van der Waals surface area contributed by atoms with Crippen LogP contribution in [0.2, 0.25) is 0 Å². The number of carbonyl (C=O) groups is 3. The fraction of sp³-hybridized carbons (Fsp3) is 0.593. The number of hydrogen-bond donors (Lipinski definition) is 3. The van der Waals surface area contributed by atoms with Crippen molar-refractivity contribution >= 4 is 41.1 Å². The van der Waals surface area contributed by atoms with Gasteiger partial charge >= 0.3 is 17.9 Å². The SMILES string of the molecule is C=CCOC(C(=O)OCC)C(O)C=C.CCOC(=O)[C@@H]1OCC=C[C@@H]1O.CCOC(=O)[C@@H]1OCC=C[C@H]1O.ClCCl.[Ru]. The minimum atomic E-state index is -1.06. The third-order valence-corrected chi connectivity index (χ3v) is 4.53. The first-order valence-corrected chi connectivity index (χ1v) is 13.7. The Bertz CT molecular complexity index is 770. The van der Waals surface area contributed by atoms with E-state index >= 15 is 0 Å². The predicted molar refractivity (Wildman–Crippen MR) is 152 cm³/mol. The molecule has 3 N–H and O–H groups in total. The average Bonchev–Trinajstić information content (AvgIpc) is 2.95. The van der Waals surface area contributed by atoms with Gasteiger partial charge in [0.2, 0.25) is 0 Å². The molecule has 12 nitrogen and oxygen atoms in total. The predicted octanol–water partition coefficient (Wildman–Crippen LogP) is 1.82. The van der Waals surface area contributed by atoms with E-state index in [1.807, 2.05) is 0 Å². The van der Waals surface area contributed by atoms with Crippen LogP contribution in [0.15, 0.2) is 49.6 Å². The maximum Gasteiger partial charge on any atom is 0.338 e. The van der Waals surface area contributed by atoms with Crippen LogP contribution in [0.1, 0.15) is 20.8 Å². The van der Waals surface area contributed by atoms with Crippen LogP contribution in [0.5, 0.6) is 0 Å². The first kappa shape index (κ1) is 44.8. The third kappa shape index (κ3) is 20.3. The van der Waals surface area contributed by atoms with Crippen LogP contribution in [-0.4, -0.2) is 115 Å². The monoisotopic (exact) mass is 730 g/mol. The Kier molecular flexibility index (Phi) is 31.3. The second kappa shape index (κ2) is 29.4. The third-order valence-electron chi connectivity index (χ3n) is 4.53. The molecule has 0 aromatic heterocycles. The summed E-state index contributed by atoms with van der Waals surface area (Å²) in [7, 11) is 0. The zero-order valence-electron chi connectivity index (χ0n) is 23.9. The van der Waals surface area contributed by atoms with Crippen LogP contribution in [0.3, 0.4) is 0 Å². The summed E-state index contributed by atoms with van der Waals surface area (Å²) in [4.78, 5) is 33.4. The summed E-state index contributed by atoms with van der Waals surface area (Å²) in [5, 5.41) is 28.1. The van der Waals surface area contributed by atoms with Crippen molar-refractivity contribution in [3.8, 4) is 0 Å². The number of ether oxygens (including phenoxy) is 6. The van der Waals surface area contributed by atoms with E-state index in [-0.39, 0.29) is 38.0 Å². The van der Waals surface area contributed by atoms with E-state index in [0.717, 1.165) is 0 Å². The Balaban J connectivity index is -0.000000513. The van der Waals surface area contributed by atoms with Crippen molar-refractivity contribution in [2.24, 2.45) is 0 Å². The molecule has 15 heteroatoms. The number of carbonyl (C=O) groups excluding carboxylic acids is 3. The van der Waals surface area contributed by atoms with Gasteiger partial charge in [0.25, 0.3) is 0 Å². The Morgan fingerprint density at radius 1 is 0.905 bits per heavy atom. The molecule has 0 aromatic carbocycles. The van der Waals surface area contributed by atoms with Gasteiger partial charge in [0.05, 0.1) is 45.0 Å². The van der Waals surface area contributed by atoms with Crippen molar-refractivity contribution in [1.29, 1.82) is 0 Å². The summed E-state index contributed by atoms with van der Waals surface area (Å²) in [5.41, 5.74) is 0. The number of esters is 3. The first-order valence-electron chi connectivity index (χ1n) is 12.7. The molecule has 0 saturated heterocycles. The second-order valence-corrected chi connectivity index (χ2v) is 8.28. The van der Waals surface area contributed by atoms with Crippen molar-refractivity contribution < 1.29 is 77.6 Å². The average molecular weight is 731 g/mol. The molecule has 2 aliphatic heterocycles. The zero-order chi connectivity index (χ0) is 31.6. The van der Waals surface area contributed by atoms with Crippen LogP contribution in [0.4, 0.5) is 0 Å². The smallest absolute Gasteiger partial charge is 0.338 e. The summed E-state index contributed by atoms with van der Waals surface area (Å²) in [6, 6.07) is 0. The topological polar surface area (TPSA) is 167 Å². The Morgan fingerprint density at radius 3 is 1.62 bits per heavy atom. The van der Waals surface area contributed by atoms with Gasteiger partial charge in [-0.25, -0.2) is 14.4 Å². The number of alkyl halides is 2. The van der Waals surface area contributed by atoms with E-state index in [4.69, 9.17) is 51.6 Å². The molecule has 0 bridgehead atoms. The summed E-state index contributed by atoms with van der Waals surface area (Å²) in [6.07, 6.45) is 3.57. The number of aliphatic hydroxyl groups is 3. The van der Waals surface area contributed by atoms with Crippen LogP contribution < -0.4 is 0 Å². The van der Waals surface area contributed by atoms with E-state index in [0.29, 0.717) is 26.4 Å². The quantitative estimate of drug-likeness (QED) is 0.0930. The minimum Gasteiger partial charge on any atom is -0.464 e. The van der Waals surface area contributed by atoms with E-state index < -0.39 is 54.5 Å². The summed E-state index contributed by atoms with van der Waals surface area (Å²) in [5.74, 6) is -1.61. The van der Waals surface area contributed by atoms with Crippen molar-refractivity contribution in [3.05, 3.63) is 49.6 Å². The van der Waals surface area contributed by atoms with Gasteiger partial charge in [0.15, 0.2) is 18.3 Å². The molecule has 42 heavy (non-hydrogen) atoms. The molecular weight excluding hydrogens is 688 g/mol. The molecule has 0 aromatic rings. The molecule has 0 spiro atoms. The van der Waals surface area contributed by atoms with Gasteiger partial charge in [-0.2, -0.15) is 0 Å². The fourth-order valence-corrected chi connectivity index (χ4v) is 2.80. The van der Waals surface area contributed by atoms with Crippen LogP contribution in [0, 0.1) is 0 Å². The summed E-state index contributed by atoms with van der Waals surface area (Å²) < 4.78 is 29.1. The van der Waals surface area contributed by atoms with Crippen LogP contribution in [-0.2, 0) is 62.3 Å². The van der Waals surface area contributed by atoms with Gasteiger partial charge < -0.3 is 43.7 Å². The van der Waals surface area contributed by atoms with Crippen LogP contribution >= 0.6 is 23.2 Å². The zero-order valence-corrected chi connectivity index (χ0v) is 27.2. The number of rotatable bonds is 11. The number of hydrogen-bond acceptors (Lipinski definition) is 12. The van der Waals surface area contributed by atoms with E-state index in [1.54, 1.807) is 32.9 Å². The van der Waals surface area contributed by atoms with Crippen molar-refractivity contribution in [3.63, 3.8) is 0 Å². The standard InChI is InChI=1S/C10H16O4.2C8H12O4.CH2Cl2.Ru/c1-4-7-14-9(8(11)5-2)10(12)13-6-3;2*1-2-11-8(10)7-6(9)4-3-5-12-7;2-1-3;/h4-5,8-9,11H,1-2,6-7H2,3H3;2*3-4,6-7,9H,2,5H2,1H3;1H2;/t;6-,7+;6-,7-;;/m.01../s1. The molecule has 2 aliphatic rings. The molecule has 0 fully saturated rings. The fourth-order valence-electron chi connectivity index (χ4n) is 2.80. The Labute approximate surface area is 270 Å². The number of halogens is 2. The molecule has 0 saturated carbocycles. The normalized spacial score (nSPS) is 21.4. The van der Waals surface area contributed by atoms with Crippen molar-refractivity contribution in [1.82, 2.24) is 0 Å². The molecule has 0 radical (unpaired) electrons. The van der Waals surface area contributed by atoms with Crippen LogP contribution in [0.25, 0.3) is 0 Å². The molecule has 2 rings (SSSR count). The van der Waals surface area contributed by atoms with Crippen molar-refractivity contribution in [2.45, 2.75) is 57.4 Å². The molecule has 0 amide bonds. The van der Waals surface area contributed by atoms with E-state index in [9.17, 15) is 29.7 Å². The van der Waals surface area contributed by atoms with E-state index in [2.05, 4.69) is 13.2 Å². The largest absolute Gasteiger partial charge is 0.464 e. The number of aliphatic hydroxyl groups excluding tert-OH is 3. The first-order chi connectivity index (χ1) is 19.6. The molecule has 2 unspecified atom stereocenters. The summed E-state index contributed by atoms with van der Waals surface area (Å²) in [6.45, 7) is 13.6. The molecule has 2 heterocycles. The van der Waals surface area contributed by atoms with Gasteiger partial charge in [0.1, 0.15) is 18.3 Å². The molecule has 6 atom stereocenters.